The summed E-state index contributed by atoms with van der Waals surface area (Å²) >= 11 is 0. The van der Waals surface area contributed by atoms with Crippen molar-refractivity contribution >= 4 is 26.0 Å². The van der Waals surface area contributed by atoms with E-state index in [0.717, 1.165) is 24.3 Å². The van der Waals surface area contributed by atoms with Gasteiger partial charge in [0, 0.05) is 6.92 Å². The van der Waals surface area contributed by atoms with Gasteiger partial charge in [-0.3, -0.25) is 4.79 Å². The van der Waals surface area contributed by atoms with Gasteiger partial charge in [-0.25, -0.2) is 12.7 Å². The molecule has 0 fully saturated rings. The molecule has 182 valence electrons. The number of sulfonamides is 2. The lowest BCUT2D eigenvalue weighted by molar-refractivity contribution is -0.128. The van der Waals surface area contributed by atoms with Crippen molar-refractivity contribution in [1.29, 1.82) is 0 Å². The highest BCUT2D eigenvalue weighted by molar-refractivity contribution is 7.90. The maximum atomic E-state index is 13.4. The van der Waals surface area contributed by atoms with E-state index >= 15 is 0 Å². The van der Waals surface area contributed by atoms with Crippen molar-refractivity contribution in [2.75, 3.05) is 0 Å². The highest BCUT2D eigenvalue weighted by Gasteiger charge is 2.56. The van der Waals surface area contributed by atoms with E-state index in [1.807, 2.05) is 0 Å². The monoisotopic (exact) mass is 518 g/mol. The van der Waals surface area contributed by atoms with Crippen molar-refractivity contribution in [3.63, 3.8) is 0 Å². The number of hydrogen-bond donors (Lipinski definition) is 1. The number of halogens is 6. The molecular weight excluding hydrogens is 502 g/mol. The van der Waals surface area contributed by atoms with Crippen LogP contribution in [-0.2, 0) is 24.8 Å². The van der Waals surface area contributed by atoms with Crippen LogP contribution in [-0.4, -0.2) is 38.1 Å². The predicted molar refractivity (Wildman–Crippen MR) is 104 cm³/mol. The first kappa shape index (κ1) is 26.6. The van der Waals surface area contributed by atoms with Crippen LogP contribution in [0.5, 0.6) is 0 Å². The number of carbonyl (C=O) groups excluding carboxylic acids is 1. The van der Waals surface area contributed by atoms with Gasteiger partial charge in [-0.2, -0.15) is 39.5 Å². The molecule has 0 bridgehead atoms. The quantitative estimate of drug-likeness (QED) is 0.565. The van der Waals surface area contributed by atoms with Crippen molar-refractivity contribution in [3.8, 4) is 0 Å². The van der Waals surface area contributed by atoms with Crippen LogP contribution >= 0.6 is 0 Å². The Morgan fingerprint density at radius 1 is 0.788 bits per heavy atom. The second kappa shape index (κ2) is 9.30. The topological polar surface area (TPSA) is 101 Å². The molecule has 2 aromatic rings. The first-order valence-electron chi connectivity index (χ1n) is 8.80. The van der Waals surface area contributed by atoms with Crippen LogP contribution in [0.15, 0.2) is 60.7 Å². The summed E-state index contributed by atoms with van der Waals surface area (Å²) in [6, 6.07) is 7.26. The molecule has 2 unspecified atom stereocenters. The number of rotatable bonds is 7. The van der Waals surface area contributed by atoms with E-state index in [1.165, 1.54) is 41.1 Å². The molecule has 0 spiro atoms. The van der Waals surface area contributed by atoms with E-state index < -0.39 is 53.4 Å². The minimum atomic E-state index is -6.46. The molecule has 0 saturated heterocycles. The van der Waals surface area contributed by atoms with E-state index in [2.05, 4.69) is 0 Å². The number of amides is 1. The van der Waals surface area contributed by atoms with Crippen LogP contribution in [0, 0.1) is 0 Å². The van der Waals surface area contributed by atoms with Crippen LogP contribution in [0.2, 0.25) is 0 Å². The Bertz CT molecular complexity index is 1180. The smallest absolute Gasteiger partial charge is 0.274 e. The summed E-state index contributed by atoms with van der Waals surface area (Å²) < 4.78 is 129. The van der Waals surface area contributed by atoms with Crippen LogP contribution in [0.25, 0.3) is 0 Å². The number of nitrogens with zero attached hydrogens (tertiary/aromatic N) is 1. The second-order valence-corrected chi connectivity index (χ2v) is 10.1. The predicted octanol–water partition coefficient (Wildman–Crippen LogP) is 3.61. The third-order valence-electron chi connectivity index (χ3n) is 4.32. The summed E-state index contributed by atoms with van der Waals surface area (Å²) in [5, 5.41) is 0. The van der Waals surface area contributed by atoms with Gasteiger partial charge < -0.3 is 0 Å². The molecule has 1 amide bonds. The van der Waals surface area contributed by atoms with Gasteiger partial charge in [0.15, 0.2) is 0 Å². The molecule has 0 aromatic heterocycles. The van der Waals surface area contributed by atoms with Gasteiger partial charge in [-0.15, -0.1) is 0 Å². The molecule has 2 aromatic carbocycles. The van der Waals surface area contributed by atoms with Crippen molar-refractivity contribution in [2.24, 2.45) is 0 Å². The Morgan fingerprint density at radius 2 is 1.21 bits per heavy atom. The highest BCUT2D eigenvalue weighted by atomic mass is 32.2. The van der Waals surface area contributed by atoms with Crippen molar-refractivity contribution in [2.45, 2.75) is 30.0 Å². The highest BCUT2D eigenvalue weighted by Crippen LogP contribution is 2.41. The van der Waals surface area contributed by atoms with Crippen LogP contribution in [0.4, 0.5) is 26.3 Å². The van der Waals surface area contributed by atoms with Gasteiger partial charge in [-0.1, -0.05) is 60.7 Å². The van der Waals surface area contributed by atoms with Gasteiger partial charge in [0.25, 0.3) is 0 Å². The number of alkyl halides is 6. The SMILES string of the molecule is CC(=O)N(C(c1ccccc1)C(NS(=O)(=O)C(F)(F)F)c1ccccc1)S(=O)(=O)C(F)(F)F. The number of carbonyl (C=O) groups is 1. The van der Waals surface area contributed by atoms with E-state index in [1.54, 1.807) is 0 Å². The van der Waals surface area contributed by atoms with Crippen LogP contribution < -0.4 is 4.72 Å². The van der Waals surface area contributed by atoms with Gasteiger partial charge in [-0.05, 0) is 11.1 Å². The lowest BCUT2D eigenvalue weighted by atomic mass is 9.94. The summed E-state index contributed by atoms with van der Waals surface area (Å²) in [4.78, 5) is 12.2. The van der Waals surface area contributed by atoms with Gasteiger partial charge >= 0.3 is 31.1 Å². The third kappa shape index (κ3) is 5.65. The zero-order valence-corrected chi connectivity index (χ0v) is 18.1. The molecule has 0 aliphatic carbocycles. The maximum absolute atomic E-state index is 13.4. The number of hydrogen-bond acceptors (Lipinski definition) is 5. The van der Waals surface area contributed by atoms with Gasteiger partial charge in [0.05, 0.1) is 12.1 Å². The Balaban J connectivity index is 2.89. The summed E-state index contributed by atoms with van der Waals surface area (Å²) in [7, 11) is -12.7. The number of benzene rings is 2. The fourth-order valence-corrected chi connectivity index (χ4v) is 4.79. The van der Waals surface area contributed by atoms with Crippen LogP contribution in [0.3, 0.4) is 0 Å². The van der Waals surface area contributed by atoms with Gasteiger partial charge in [0.2, 0.25) is 5.91 Å². The average molecular weight is 518 g/mol. The Morgan fingerprint density at radius 3 is 1.58 bits per heavy atom. The first-order valence-corrected chi connectivity index (χ1v) is 11.7. The standard InChI is InChI=1S/C18H16F6N2O5S2/c1-12(27)26(33(30,31)18(22,23)24)16(14-10-6-3-7-11-14)15(13-8-4-2-5-9-13)25-32(28,29)17(19,20)21/h2-11,15-16,25H,1H3. The molecule has 0 aliphatic heterocycles. The normalized spacial score (nSPS) is 15.0. The third-order valence-corrected chi connectivity index (χ3v) is 7.08. The lowest BCUT2D eigenvalue weighted by Gasteiger charge is -2.36. The molecule has 33 heavy (non-hydrogen) atoms. The second-order valence-electron chi connectivity index (χ2n) is 6.58. The molecular formula is C18H16F6N2O5S2. The Kier molecular flexibility index (Phi) is 7.50. The van der Waals surface area contributed by atoms with E-state index in [-0.39, 0.29) is 11.1 Å². The van der Waals surface area contributed by atoms with Crippen molar-refractivity contribution < 1.29 is 48.0 Å². The summed E-state index contributed by atoms with van der Waals surface area (Å²) in [5.74, 6) is -1.70. The largest absolute Gasteiger partial charge is 0.516 e. The minimum absolute atomic E-state index is 0.331. The molecule has 1 N–H and O–H groups in total. The molecule has 0 heterocycles. The molecule has 2 atom stereocenters. The zero-order chi connectivity index (χ0) is 25.2. The summed E-state index contributed by atoms with van der Waals surface area (Å²) in [6.45, 7) is 0.458. The molecule has 15 heteroatoms. The van der Waals surface area contributed by atoms with E-state index in [9.17, 15) is 48.0 Å². The van der Waals surface area contributed by atoms with E-state index in [4.69, 9.17) is 0 Å². The molecule has 0 aliphatic rings. The summed E-state index contributed by atoms with van der Waals surface area (Å²) in [5.41, 5.74) is -12.6. The minimum Gasteiger partial charge on any atom is -0.274 e. The fraction of sp³-hybridized carbons (Fsp3) is 0.278. The first-order chi connectivity index (χ1) is 15.0. The summed E-state index contributed by atoms with van der Waals surface area (Å²) in [6.07, 6.45) is 0. The van der Waals surface area contributed by atoms with Crippen molar-refractivity contribution in [1.82, 2.24) is 9.03 Å². The molecule has 0 saturated carbocycles. The number of nitrogens with one attached hydrogen (secondary N) is 1. The van der Waals surface area contributed by atoms with E-state index in [0.29, 0.717) is 6.92 Å². The molecule has 0 radical (unpaired) electrons. The molecule has 7 nitrogen and oxygen atoms in total. The fourth-order valence-electron chi connectivity index (χ4n) is 2.95. The van der Waals surface area contributed by atoms with Gasteiger partial charge in [0.1, 0.15) is 0 Å². The Hall–Kier alpha value is -2.65. The van der Waals surface area contributed by atoms with Crippen LogP contribution in [0.1, 0.15) is 30.1 Å². The maximum Gasteiger partial charge on any atom is 0.516 e. The lowest BCUT2D eigenvalue weighted by Crippen LogP contribution is -2.51. The average Bonchev–Trinajstić information content (AvgIpc) is 2.69. The molecule has 2 rings (SSSR count). The zero-order valence-electron chi connectivity index (χ0n) is 16.5. The van der Waals surface area contributed by atoms with Crippen molar-refractivity contribution in [3.05, 3.63) is 71.8 Å². The Labute approximate surface area is 185 Å².